The number of carbonyl (C=O) groups is 1. The molecule has 1 saturated heterocycles. The molecule has 0 aromatic heterocycles. The molecule has 0 radical (unpaired) electrons. The van der Waals surface area contributed by atoms with Crippen molar-refractivity contribution < 1.29 is 36.9 Å². The Morgan fingerprint density at radius 2 is 1.52 bits per heavy atom. The Hall–Kier alpha value is -2.61. The van der Waals surface area contributed by atoms with Crippen LogP contribution in [0, 0.1) is 5.82 Å². The van der Waals surface area contributed by atoms with E-state index in [1.807, 2.05) is 24.3 Å². The minimum absolute atomic E-state index is 0.0320. The van der Waals surface area contributed by atoms with Gasteiger partial charge in [0.25, 0.3) is 0 Å². The second kappa shape index (κ2) is 14.9. The highest BCUT2D eigenvalue weighted by Crippen LogP contribution is 2.32. The standard InChI is InChI=1S/C28H38FN3O7S/c29-27-19-25(30-28(34)31-20-23-3-1-2-4-24(23)21-31)5-6-26(27)22-7-9-32(10-8-22)40(35,36)18-17-39-16-15-38-14-13-37-12-11-33/h1-6,19,22,33H,7-18,20-21H2,(H,30,34). The molecule has 220 valence electrons. The monoisotopic (exact) mass is 579 g/mol. The first-order valence-electron chi connectivity index (χ1n) is 13.6. The van der Waals surface area contributed by atoms with Crippen molar-refractivity contribution >= 4 is 21.7 Å². The SMILES string of the molecule is O=C(Nc1ccc(C2CCN(S(=O)(=O)CCOCCOCCOCCO)CC2)c(F)c1)N1Cc2ccccc2C1. The molecule has 0 aliphatic carbocycles. The van der Waals surface area contributed by atoms with Crippen LogP contribution < -0.4 is 5.32 Å². The Bertz CT molecular complexity index is 1200. The van der Waals surface area contributed by atoms with E-state index in [0.29, 0.717) is 70.1 Å². The van der Waals surface area contributed by atoms with Gasteiger partial charge in [-0.25, -0.2) is 21.9 Å². The lowest BCUT2D eigenvalue weighted by atomic mass is 9.90. The number of rotatable bonds is 14. The van der Waals surface area contributed by atoms with Crippen LogP contribution >= 0.6 is 0 Å². The van der Waals surface area contributed by atoms with Crippen molar-refractivity contribution in [3.8, 4) is 0 Å². The number of benzene rings is 2. The van der Waals surface area contributed by atoms with Crippen molar-refractivity contribution in [2.75, 3.05) is 70.4 Å². The predicted octanol–water partition coefficient (Wildman–Crippen LogP) is 2.92. The number of nitrogens with zero attached hydrogens (tertiary/aromatic N) is 2. The highest BCUT2D eigenvalue weighted by atomic mass is 32.2. The first-order chi connectivity index (χ1) is 19.4. The second-order valence-corrected chi connectivity index (χ2v) is 11.9. The predicted molar refractivity (Wildman–Crippen MR) is 148 cm³/mol. The molecule has 2 heterocycles. The van der Waals surface area contributed by atoms with E-state index in [1.165, 1.54) is 10.4 Å². The van der Waals surface area contributed by atoms with Crippen molar-refractivity contribution in [3.05, 3.63) is 65.0 Å². The molecule has 2 amide bonds. The van der Waals surface area contributed by atoms with Crippen LogP contribution in [0.1, 0.15) is 35.4 Å². The molecule has 2 aromatic rings. The Kier molecular flexibility index (Phi) is 11.3. The van der Waals surface area contributed by atoms with E-state index < -0.39 is 15.8 Å². The Morgan fingerprint density at radius 3 is 2.12 bits per heavy atom. The number of hydrogen-bond acceptors (Lipinski definition) is 7. The van der Waals surface area contributed by atoms with Gasteiger partial charge in [-0.05, 0) is 47.6 Å². The molecule has 1 fully saturated rings. The van der Waals surface area contributed by atoms with E-state index in [9.17, 15) is 13.2 Å². The minimum Gasteiger partial charge on any atom is -0.394 e. The zero-order valence-corrected chi connectivity index (χ0v) is 23.4. The number of anilines is 1. The molecule has 2 aliphatic heterocycles. The molecule has 2 N–H and O–H groups in total. The van der Waals surface area contributed by atoms with Gasteiger partial charge < -0.3 is 29.5 Å². The fraction of sp³-hybridized carbons (Fsp3) is 0.536. The van der Waals surface area contributed by atoms with Crippen molar-refractivity contribution in [2.24, 2.45) is 0 Å². The number of fused-ring (bicyclic) bond motifs is 1. The highest BCUT2D eigenvalue weighted by Gasteiger charge is 2.30. The average Bonchev–Trinajstić information content (AvgIpc) is 3.39. The lowest BCUT2D eigenvalue weighted by Gasteiger charge is -2.31. The summed E-state index contributed by atoms with van der Waals surface area (Å²) in [5, 5.41) is 11.4. The van der Waals surface area contributed by atoms with E-state index in [0.717, 1.165) is 11.1 Å². The molecule has 0 bridgehead atoms. The van der Waals surface area contributed by atoms with Gasteiger partial charge in [-0.3, -0.25) is 0 Å². The smallest absolute Gasteiger partial charge is 0.322 e. The van der Waals surface area contributed by atoms with Gasteiger partial charge >= 0.3 is 6.03 Å². The normalized spacial score (nSPS) is 16.3. The summed E-state index contributed by atoms with van der Waals surface area (Å²) in [6.45, 7) is 3.34. The maximum atomic E-state index is 15.0. The molecule has 4 rings (SSSR count). The maximum Gasteiger partial charge on any atom is 0.322 e. The quantitative estimate of drug-likeness (QED) is 0.331. The highest BCUT2D eigenvalue weighted by molar-refractivity contribution is 7.89. The van der Waals surface area contributed by atoms with Crippen molar-refractivity contribution in [1.82, 2.24) is 9.21 Å². The van der Waals surface area contributed by atoms with Gasteiger partial charge in [-0.15, -0.1) is 0 Å². The van der Waals surface area contributed by atoms with Crippen LogP contribution in [0.3, 0.4) is 0 Å². The number of amides is 2. The maximum absolute atomic E-state index is 15.0. The van der Waals surface area contributed by atoms with Crippen molar-refractivity contribution in [1.29, 1.82) is 0 Å². The molecular formula is C28H38FN3O7S. The number of urea groups is 1. The Labute approximate surface area is 235 Å². The van der Waals surface area contributed by atoms with E-state index in [-0.39, 0.29) is 44.1 Å². The molecule has 12 heteroatoms. The Morgan fingerprint density at radius 1 is 0.925 bits per heavy atom. The largest absolute Gasteiger partial charge is 0.394 e. The average molecular weight is 580 g/mol. The number of aliphatic hydroxyl groups excluding tert-OH is 1. The topological polar surface area (TPSA) is 118 Å². The van der Waals surface area contributed by atoms with Crippen molar-refractivity contribution in [2.45, 2.75) is 31.8 Å². The fourth-order valence-corrected chi connectivity index (χ4v) is 6.31. The molecule has 40 heavy (non-hydrogen) atoms. The van der Waals surface area contributed by atoms with Gasteiger partial charge in [0, 0.05) is 31.9 Å². The summed E-state index contributed by atoms with van der Waals surface area (Å²) < 4.78 is 57.7. The summed E-state index contributed by atoms with van der Waals surface area (Å²) in [5.74, 6) is -0.624. The van der Waals surface area contributed by atoms with Crippen LogP contribution in [0.2, 0.25) is 0 Å². The zero-order chi connectivity index (χ0) is 28.4. The van der Waals surface area contributed by atoms with E-state index in [2.05, 4.69) is 5.32 Å². The number of aliphatic hydroxyl groups is 1. The summed E-state index contributed by atoms with van der Waals surface area (Å²) in [4.78, 5) is 14.4. The summed E-state index contributed by atoms with van der Waals surface area (Å²) in [7, 11) is -3.48. The zero-order valence-electron chi connectivity index (χ0n) is 22.6. The van der Waals surface area contributed by atoms with Crippen LogP contribution in [-0.2, 0) is 37.3 Å². The lowest BCUT2D eigenvalue weighted by Crippen LogP contribution is -2.40. The van der Waals surface area contributed by atoms with Gasteiger partial charge in [0.05, 0.1) is 52.0 Å². The second-order valence-electron chi connectivity index (χ2n) is 9.84. The fourth-order valence-electron chi connectivity index (χ4n) is 4.96. The van der Waals surface area contributed by atoms with Crippen LogP contribution in [0.15, 0.2) is 42.5 Å². The first kappa shape index (κ1) is 30.4. The summed E-state index contributed by atoms with van der Waals surface area (Å²) in [5.41, 5.74) is 3.15. The summed E-state index contributed by atoms with van der Waals surface area (Å²) in [6.07, 6.45) is 1.03. The van der Waals surface area contributed by atoms with E-state index >= 15 is 4.39 Å². The number of sulfonamides is 1. The number of piperidine rings is 1. The molecule has 0 spiro atoms. The van der Waals surface area contributed by atoms with Gasteiger partial charge in [-0.2, -0.15) is 0 Å². The number of carbonyl (C=O) groups excluding carboxylic acids is 1. The molecule has 0 unspecified atom stereocenters. The Balaban J connectivity index is 1.17. The summed E-state index contributed by atoms with van der Waals surface area (Å²) >= 11 is 0. The van der Waals surface area contributed by atoms with Gasteiger partial charge in [-0.1, -0.05) is 30.3 Å². The third-order valence-electron chi connectivity index (χ3n) is 7.13. The van der Waals surface area contributed by atoms with E-state index in [4.69, 9.17) is 19.3 Å². The van der Waals surface area contributed by atoms with Gasteiger partial charge in [0.1, 0.15) is 5.82 Å². The van der Waals surface area contributed by atoms with Crippen LogP contribution in [0.5, 0.6) is 0 Å². The summed E-state index contributed by atoms with van der Waals surface area (Å²) in [6, 6.07) is 12.3. The van der Waals surface area contributed by atoms with Crippen molar-refractivity contribution in [3.63, 3.8) is 0 Å². The van der Waals surface area contributed by atoms with Crippen LogP contribution in [0.4, 0.5) is 14.9 Å². The third-order valence-corrected chi connectivity index (χ3v) is 8.97. The number of halogens is 1. The lowest BCUT2D eigenvalue weighted by molar-refractivity contribution is 0.00981. The molecule has 0 atom stereocenters. The molecule has 2 aromatic carbocycles. The number of nitrogens with one attached hydrogen (secondary N) is 1. The molecule has 2 aliphatic rings. The number of hydrogen-bond donors (Lipinski definition) is 2. The van der Waals surface area contributed by atoms with Crippen LogP contribution in [0.25, 0.3) is 0 Å². The number of ether oxygens (including phenoxy) is 3. The minimum atomic E-state index is -3.48. The molecule has 10 nitrogen and oxygen atoms in total. The molecular weight excluding hydrogens is 541 g/mol. The van der Waals surface area contributed by atoms with E-state index in [1.54, 1.807) is 17.0 Å². The molecule has 0 saturated carbocycles. The van der Waals surface area contributed by atoms with Gasteiger partial charge in [0.2, 0.25) is 10.0 Å². The van der Waals surface area contributed by atoms with Gasteiger partial charge in [0.15, 0.2) is 0 Å². The first-order valence-corrected chi connectivity index (χ1v) is 15.2. The third kappa shape index (κ3) is 8.45. The van der Waals surface area contributed by atoms with Crippen LogP contribution in [-0.4, -0.2) is 93.9 Å².